The van der Waals surface area contributed by atoms with Crippen LogP contribution in [0, 0.1) is 5.82 Å². The zero-order chi connectivity index (χ0) is 19.2. The summed E-state index contributed by atoms with van der Waals surface area (Å²) in [5, 5.41) is 3.43. The lowest BCUT2D eigenvalue weighted by Crippen LogP contribution is -2.05. The number of hydrogen-bond acceptors (Lipinski definition) is 2. The number of benzene rings is 3. The summed E-state index contributed by atoms with van der Waals surface area (Å²) < 4.78 is 21.2. The van der Waals surface area contributed by atoms with E-state index >= 15 is 0 Å². The Morgan fingerprint density at radius 3 is 2.44 bits per heavy atom. The first-order chi connectivity index (χ1) is 13.0. The maximum Gasteiger partial charge on any atom is 0.139 e. The Bertz CT molecular complexity index is 913. The molecule has 3 aromatic rings. The standard InChI is InChI=1S/C22H20Br2FNO/c1-2-15-6-8-20(9-7-15)26-13-17-11-18(23)12-21(24)22(17)27-14-16-4-3-5-19(25)10-16/h3-12,26H,2,13-14H2,1H3. The zero-order valence-electron chi connectivity index (χ0n) is 14.9. The molecule has 0 aromatic heterocycles. The molecule has 0 bridgehead atoms. The van der Waals surface area contributed by atoms with E-state index in [9.17, 15) is 4.39 Å². The van der Waals surface area contributed by atoms with E-state index in [1.165, 1.54) is 17.7 Å². The van der Waals surface area contributed by atoms with Crippen molar-refractivity contribution in [3.8, 4) is 5.75 Å². The van der Waals surface area contributed by atoms with Crippen LogP contribution in [0.4, 0.5) is 10.1 Å². The van der Waals surface area contributed by atoms with Gasteiger partial charge in [0, 0.05) is 22.3 Å². The van der Waals surface area contributed by atoms with E-state index in [0.29, 0.717) is 13.2 Å². The van der Waals surface area contributed by atoms with Gasteiger partial charge >= 0.3 is 0 Å². The molecule has 140 valence electrons. The predicted molar refractivity (Wildman–Crippen MR) is 116 cm³/mol. The van der Waals surface area contributed by atoms with Crippen LogP contribution in [-0.4, -0.2) is 0 Å². The Hall–Kier alpha value is -1.85. The molecule has 0 saturated heterocycles. The Morgan fingerprint density at radius 2 is 1.74 bits per heavy atom. The monoisotopic (exact) mass is 491 g/mol. The van der Waals surface area contributed by atoms with Gasteiger partial charge in [-0.25, -0.2) is 4.39 Å². The first-order valence-electron chi connectivity index (χ1n) is 8.73. The highest BCUT2D eigenvalue weighted by molar-refractivity contribution is 9.11. The SMILES string of the molecule is CCc1ccc(NCc2cc(Br)cc(Br)c2OCc2cccc(F)c2)cc1. The first-order valence-corrected chi connectivity index (χ1v) is 10.3. The Kier molecular flexibility index (Phi) is 6.91. The van der Waals surface area contributed by atoms with E-state index in [-0.39, 0.29) is 5.82 Å². The minimum absolute atomic E-state index is 0.261. The number of hydrogen-bond donors (Lipinski definition) is 1. The van der Waals surface area contributed by atoms with Crippen molar-refractivity contribution < 1.29 is 9.13 Å². The molecular formula is C22H20Br2FNO. The highest BCUT2D eigenvalue weighted by Gasteiger charge is 2.11. The maximum atomic E-state index is 13.4. The third-order valence-corrected chi connectivity index (χ3v) is 5.25. The quantitative estimate of drug-likeness (QED) is 0.379. The van der Waals surface area contributed by atoms with Crippen molar-refractivity contribution in [1.82, 2.24) is 0 Å². The molecule has 0 radical (unpaired) electrons. The fourth-order valence-electron chi connectivity index (χ4n) is 2.74. The topological polar surface area (TPSA) is 21.3 Å². The maximum absolute atomic E-state index is 13.4. The molecule has 0 unspecified atom stereocenters. The van der Waals surface area contributed by atoms with Gasteiger partial charge in [0.2, 0.25) is 0 Å². The van der Waals surface area contributed by atoms with Gasteiger partial charge in [-0.3, -0.25) is 0 Å². The summed E-state index contributed by atoms with van der Waals surface area (Å²) in [6.45, 7) is 3.06. The van der Waals surface area contributed by atoms with Crippen LogP contribution in [0.1, 0.15) is 23.6 Å². The number of nitrogens with one attached hydrogen (secondary N) is 1. The summed E-state index contributed by atoms with van der Waals surface area (Å²) in [6, 6.07) is 18.8. The molecule has 0 saturated carbocycles. The van der Waals surface area contributed by atoms with Crippen molar-refractivity contribution >= 4 is 37.5 Å². The molecule has 0 amide bonds. The van der Waals surface area contributed by atoms with Crippen molar-refractivity contribution in [2.45, 2.75) is 26.5 Å². The molecule has 27 heavy (non-hydrogen) atoms. The lowest BCUT2D eigenvalue weighted by Gasteiger charge is -2.16. The van der Waals surface area contributed by atoms with Crippen molar-refractivity contribution in [2.75, 3.05) is 5.32 Å². The Morgan fingerprint density at radius 1 is 0.963 bits per heavy atom. The molecular weight excluding hydrogens is 473 g/mol. The molecule has 1 N–H and O–H groups in total. The van der Waals surface area contributed by atoms with Crippen LogP contribution in [0.5, 0.6) is 5.75 Å². The fraction of sp³-hybridized carbons (Fsp3) is 0.182. The van der Waals surface area contributed by atoms with Crippen molar-refractivity contribution in [1.29, 1.82) is 0 Å². The largest absolute Gasteiger partial charge is 0.487 e. The molecule has 3 rings (SSSR count). The summed E-state index contributed by atoms with van der Waals surface area (Å²) in [4.78, 5) is 0. The summed E-state index contributed by atoms with van der Waals surface area (Å²) in [5.41, 5.74) is 4.16. The van der Waals surface area contributed by atoms with E-state index in [1.54, 1.807) is 6.07 Å². The third-order valence-electron chi connectivity index (χ3n) is 4.20. The zero-order valence-corrected chi connectivity index (χ0v) is 18.1. The summed E-state index contributed by atoms with van der Waals surface area (Å²) in [6.07, 6.45) is 1.02. The lowest BCUT2D eigenvalue weighted by molar-refractivity contribution is 0.300. The molecule has 2 nitrogen and oxygen atoms in total. The van der Waals surface area contributed by atoms with Crippen LogP contribution >= 0.6 is 31.9 Å². The highest BCUT2D eigenvalue weighted by atomic mass is 79.9. The molecule has 3 aromatic carbocycles. The third kappa shape index (κ3) is 5.56. The van der Waals surface area contributed by atoms with E-state index in [2.05, 4.69) is 68.4 Å². The van der Waals surface area contributed by atoms with Crippen molar-refractivity contribution in [3.63, 3.8) is 0 Å². The minimum Gasteiger partial charge on any atom is -0.487 e. The summed E-state index contributed by atoms with van der Waals surface area (Å²) >= 11 is 7.11. The van der Waals surface area contributed by atoms with E-state index in [0.717, 1.165) is 37.9 Å². The fourth-order valence-corrected chi connectivity index (χ4v) is 4.17. The normalized spacial score (nSPS) is 10.7. The van der Waals surface area contributed by atoms with Crippen LogP contribution in [0.15, 0.2) is 69.6 Å². The lowest BCUT2D eigenvalue weighted by atomic mass is 10.1. The van der Waals surface area contributed by atoms with E-state index in [1.807, 2.05) is 18.2 Å². The average molecular weight is 493 g/mol. The number of rotatable bonds is 7. The molecule has 0 spiro atoms. The second-order valence-electron chi connectivity index (χ2n) is 6.20. The molecule has 0 aliphatic carbocycles. The number of anilines is 1. The van der Waals surface area contributed by atoms with Gasteiger partial charge in [0.15, 0.2) is 0 Å². The van der Waals surface area contributed by atoms with Crippen LogP contribution in [0.25, 0.3) is 0 Å². The number of halogens is 3. The first kappa shape index (κ1) is 19.9. The second kappa shape index (κ2) is 9.38. The van der Waals surface area contributed by atoms with Crippen LogP contribution in [0.3, 0.4) is 0 Å². The van der Waals surface area contributed by atoms with Gasteiger partial charge in [0.1, 0.15) is 18.2 Å². The van der Waals surface area contributed by atoms with Crippen molar-refractivity contribution in [3.05, 3.63) is 92.1 Å². The van der Waals surface area contributed by atoms with E-state index < -0.39 is 0 Å². The van der Waals surface area contributed by atoms with Crippen molar-refractivity contribution in [2.24, 2.45) is 0 Å². The van der Waals surface area contributed by atoms with Crippen LogP contribution in [0.2, 0.25) is 0 Å². The Labute approximate surface area is 176 Å². The van der Waals surface area contributed by atoms with Gasteiger partial charge in [-0.2, -0.15) is 0 Å². The molecule has 0 aliphatic rings. The summed E-state index contributed by atoms with van der Waals surface area (Å²) in [7, 11) is 0. The molecule has 5 heteroatoms. The van der Waals surface area contributed by atoms with Gasteiger partial charge in [-0.1, -0.05) is 47.1 Å². The Balaban J connectivity index is 1.75. The van der Waals surface area contributed by atoms with Crippen LogP contribution < -0.4 is 10.1 Å². The smallest absolute Gasteiger partial charge is 0.139 e. The average Bonchev–Trinajstić information content (AvgIpc) is 2.66. The second-order valence-corrected chi connectivity index (χ2v) is 7.97. The number of ether oxygens (including phenoxy) is 1. The van der Waals surface area contributed by atoms with Gasteiger partial charge < -0.3 is 10.1 Å². The van der Waals surface area contributed by atoms with Gasteiger partial charge in [0.05, 0.1) is 4.47 Å². The molecule has 0 aliphatic heterocycles. The minimum atomic E-state index is -0.261. The van der Waals surface area contributed by atoms with Crippen LogP contribution in [-0.2, 0) is 19.6 Å². The molecule has 0 atom stereocenters. The predicted octanol–water partition coefficient (Wildman–Crippen LogP) is 7.10. The van der Waals surface area contributed by atoms with Gasteiger partial charge in [-0.15, -0.1) is 0 Å². The number of aryl methyl sites for hydroxylation is 1. The molecule has 0 heterocycles. The molecule has 0 fully saturated rings. The summed E-state index contributed by atoms with van der Waals surface area (Å²) in [5.74, 6) is 0.489. The van der Waals surface area contributed by atoms with Gasteiger partial charge in [-0.05, 0) is 69.9 Å². The van der Waals surface area contributed by atoms with E-state index in [4.69, 9.17) is 4.74 Å². The highest BCUT2D eigenvalue weighted by Crippen LogP contribution is 2.34. The van der Waals surface area contributed by atoms with Gasteiger partial charge in [0.25, 0.3) is 0 Å².